The number of hydrogen-bond acceptors (Lipinski definition) is 4. The van der Waals surface area contributed by atoms with E-state index >= 15 is 0 Å². The molecule has 0 radical (unpaired) electrons. The van der Waals surface area contributed by atoms with Gasteiger partial charge >= 0.3 is 0 Å². The van der Waals surface area contributed by atoms with Gasteiger partial charge in [0.1, 0.15) is 5.75 Å². The van der Waals surface area contributed by atoms with E-state index in [0.717, 1.165) is 0 Å². The highest BCUT2D eigenvalue weighted by Crippen LogP contribution is 2.27. The molecule has 0 aromatic heterocycles. The fraction of sp³-hybridized carbons (Fsp3) is 0.188. The van der Waals surface area contributed by atoms with E-state index in [9.17, 15) is 4.79 Å². The molecule has 0 atom stereocenters. The molecule has 0 bridgehead atoms. The third-order valence-corrected chi connectivity index (χ3v) is 2.90. The number of ether oxygens (including phenoxy) is 2. The van der Waals surface area contributed by atoms with Crippen molar-refractivity contribution in [2.75, 3.05) is 24.8 Å². The number of anilines is 2. The lowest BCUT2D eigenvalue weighted by Gasteiger charge is -2.12. The smallest absolute Gasteiger partial charge is 0.259 e. The van der Waals surface area contributed by atoms with E-state index in [1.165, 1.54) is 7.11 Å². The van der Waals surface area contributed by atoms with Gasteiger partial charge in [-0.05, 0) is 31.2 Å². The first-order valence-corrected chi connectivity index (χ1v) is 6.62. The van der Waals surface area contributed by atoms with Gasteiger partial charge in [-0.3, -0.25) is 4.79 Å². The normalized spacial score (nSPS) is 10.0. The van der Waals surface area contributed by atoms with Crippen LogP contribution in [0.4, 0.5) is 11.4 Å². The Morgan fingerprint density at radius 3 is 2.71 bits per heavy atom. The number of para-hydroxylation sites is 1. The first-order chi connectivity index (χ1) is 10.2. The van der Waals surface area contributed by atoms with Gasteiger partial charge in [0.15, 0.2) is 5.75 Å². The van der Waals surface area contributed by atoms with Crippen molar-refractivity contribution in [2.45, 2.75) is 6.92 Å². The molecule has 0 aliphatic heterocycles. The Kier molecular flexibility index (Phi) is 4.66. The summed E-state index contributed by atoms with van der Waals surface area (Å²) in [6, 6.07) is 12.3. The molecule has 5 nitrogen and oxygen atoms in total. The molecule has 2 aromatic rings. The summed E-state index contributed by atoms with van der Waals surface area (Å²) in [5.74, 6) is 0.790. The second-order valence-corrected chi connectivity index (χ2v) is 4.34. The summed E-state index contributed by atoms with van der Waals surface area (Å²) in [6.45, 7) is 2.48. The fourth-order valence-corrected chi connectivity index (χ4v) is 1.99. The van der Waals surface area contributed by atoms with Crippen LogP contribution in [0.25, 0.3) is 0 Å². The molecule has 1 amide bonds. The molecule has 0 saturated heterocycles. The van der Waals surface area contributed by atoms with Crippen LogP contribution in [0.5, 0.6) is 11.5 Å². The van der Waals surface area contributed by atoms with Crippen molar-refractivity contribution in [3.8, 4) is 11.5 Å². The average Bonchev–Trinajstić information content (AvgIpc) is 2.47. The maximum atomic E-state index is 12.3. The van der Waals surface area contributed by atoms with Gasteiger partial charge in [0.2, 0.25) is 0 Å². The van der Waals surface area contributed by atoms with Gasteiger partial charge in [-0.25, -0.2) is 0 Å². The molecule has 0 aliphatic rings. The Balaban J connectivity index is 2.22. The van der Waals surface area contributed by atoms with Gasteiger partial charge in [0.05, 0.1) is 25.0 Å². The monoisotopic (exact) mass is 286 g/mol. The van der Waals surface area contributed by atoms with E-state index in [0.29, 0.717) is 35.0 Å². The van der Waals surface area contributed by atoms with Crippen LogP contribution in [0.1, 0.15) is 17.3 Å². The Morgan fingerprint density at radius 2 is 2.00 bits per heavy atom. The summed E-state index contributed by atoms with van der Waals surface area (Å²) >= 11 is 0. The van der Waals surface area contributed by atoms with Crippen LogP contribution in [-0.2, 0) is 0 Å². The van der Waals surface area contributed by atoms with Crippen molar-refractivity contribution in [3.63, 3.8) is 0 Å². The zero-order chi connectivity index (χ0) is 15.2. The number of nitrogens with two attached hydrogens (primary N) is 1. The highest BCUT2D eigenvalue weighted by Gasteiger charge is 2.14. The molecule has 0 heterocycles. The summed E-state index contributed by atoms with van der Waals surface area (Å²) in [4.78, 5) is 12.3. The lowest BCUT2D eigenvalue weighted by molar-refractivity contribution is 0.102. The maximum absolute atomic E-state index is 12.3. The van der Waals surface area contributed by atoms with E-state index in [1.807, 2.05) is 19.1 Å². The van der Waals surface area contributed by atoms with Crippen LogP contribution < -0.4 is 20.5 Å². The van der Waals surface area contributed by atoms with Gasteiger partial charge in [-0.2, -0.15) is 0 Å². The number of hydrogen-bond donors (Lipinski definition) is 2. The largest absolute Gasteiger partial charge is 0.494 e. The molecular formula is C16H18N2O3. The van der Waals surface area contributed by atoms with Crippen LogP contribution in [0.15, 0.2) is 42.5 Å². The minimum Gasteiger partial charge on any atom is -0.494 e. The van der Waals surface area contributed by atoms with Crippen molar-refractivity contribution in [1.29, 1.82) is 0 Å². The number of carbonyl (C=O) groups is 1. The summed E-state index contributed by atoms with van der Waals surface area (Å²) in [7, 11) is 1.48. The third kappa shape index (κ3) is 3.45. The molecular weight excluding hydrogens is 268 g/mol. The first-order valence-electron chi connectivity index (χ1n) is 6.62. The van der Waals surface area contributed by atoms with Crippen molar-refractivity contribution >= 4 is 17.3 Å². The number of methoxy groups -OCH3 is 1. The summed E-state index contributed by atoms with van der Waals surface area (Å²) in [5, 5.41) is 2.80. The van der Waals surface area contributed by atoms with E-state index in [1.54, 1.807) is 30.3 Å². The highest BCUT2D eigenvalue weighted by molar-refractivity contribution is 6.07. The van der Waals surface area contributed by atoms with Gasteiger partial charge < -0.3 is 20.5 Å². The van der Waals surface area contributed by atoms with Gasteiger partial charge in [-0.1, -0.05) is 12.1 Å². The standard InChI is InChI=1S/C16H18N2O3/c1-3-21-12-7-4-6-11(10-12)18-16(19)13-8-5-9-14(17)15(13)20-2/h4-10H,3,17H2,1-2H3,(H,18,19). The SMILES string of the molecule is CCOc1cccc(NC(=O)c2cccc(N)c2OC)c1. The van der Waals surface area contributed by atoms with Crippen LogP contribution in [-0.4, -0.2) is 19.6 Å². The van der Waals surface area contributed by atoms with Gasteiger partial charge in [0, 0.05) is 11.8 Å². The highest BCUT2D eigenvalue weighted by atomic mass is 16.5. The minimum atomic E-state index is -0.284. The molecule has 0 fully saturated rings. The molecule has 2 rings (SSSR count). The number of benzene rings is 2. The van der Waals surface area contributed by atoms with Gasteiger partial charge in [0.25, 0.3) is 5.91 Å². The number of nitrogen functional groups attached to an aromatic ring is 1. The maximum Gasteiger partial charge on any atom is 0.259 e. The van der Waals surface area contributed by atoms with Crippen LogP contribution in [0.2, 0.25) is 0 Å². The molecule has 2 aromatic carbocycles. The molecule has 0 unspecified atom stereocenters. The summed E-state index contributed by atoms with van der Waals surface area (Å²) in [5.41, 5.74) is 7.26. The lowest BCUT2D eigenvalue weighted by Crippen LogP contribution is -2.14. The van der Waals surface area contributed by atoms with E-state index in [-0.39, 0.29) is 5.91 Å². The van der Waals surface area contributed by atoms with E-state index in [4.69, 9.17) is 15.2 Å². The fourth-order valence-electron chi connectivity index (χ4n) is 1.99. The average molecular weight is 286 g/mol. The second-order valence-electron chi connectivity index (χ2n) is 4.34. The van der Waals surface area contributed by atoms with Crippen molar-refractivity contribution < 1.29 is 14.3 Å². The summed E-state index contributed by atoms with van der Waals surface area (Å²) < 4.78 is 10.6. The number of nitrogens with one attached hydrogen (secondary N) is 1. The van der Waals surface area contributed by atoms with Crippen LogP contribution >= 0.6 is 0 Å². The number of amides is 1. The molecule has 3 N–H and O–H groups in total. The number of rotatable bonds is 5. The van der Waals surface area contributed by atoms with E-state index in [2.05, 4.69) is 5.32 Å². The molecule has 5 heteroatoms. The molecule has 110 valence electrons. The van der Waals surface area contributed by atoms with Crippen LogP contribution in [0, 0.1) is 0 Å². The quantitative estimate of drug-likeness (QED) is 0.829. The molecule has 0 saturated carbocycles. The topological polar surface area (TPSA) is 73.6 Å². The predicted octanol–water partition coefficient (Wildman–Crippen LogP) is 2.93. The van der Waals surface area contributed by atoms with Gasteiger partial charge in [-0.15, -0.1) is 0 Å². The lowest BCUT2D eigenvalue weighted by atomic mass is 10.1. The van der Waals surface area contributed by atoms with Crippen molar-refractivity contribution in [3.05, 3.63) is 48.0 Å². The zero-order valence-electron chi connectivity index (χ0n) is 12.1. The van der Waals surface area contributed by atoms with Crippen molar-refractivity contribution in [2.24, 2.45) is 0 Å². The predicted molar refractivity (Wildman–Crippen MR) is 83.0 cm³/mol. The minimum absolute atomic E-state index is 0.284. The van der Waals surface area contributed by atoms with E-state index < -0.39 is 0 Å². The Morgan fingerprint density at radius 1 is 1.24 bits per heavy atom. The molecule has 0 aliphatic carbocycles. The van der Waals surface area contributed by atoms with Crippen LogP contribution in [0.3, 0.4) is 0 Å². The van der Waals surface area contributed by atoms with Crippen molar-refractivity contribution in [1.82, 2.24) is 0 Å². The number of carbonyl (C=O) groups excluding carboxylic acids is 1. The zero-order valence-corrected chi connectivity index (χ0v) is 12.1. The molecule has 0 spiro atoms. The third-order valence-electron chi connectivity index (χ3n) is 2.90. The first kappa shape index (κ1) is 14.7. The second kappa shape index (κ2) is 6.65. The Hall–Kier alpha value is -2.69. The molecule has 21 heavy (non-hydrogen) atoms. The Bertz CT molecular complexity index is 641. The Labute approximate surface area is 123 Å². The summed E-state index contributed by atoms with van der Waals surface area (Å²) in [6.07, 6.45) is 0.